The lowest BCUT2D eigenvalue weighted by Crippen LogP contribution is -2.32. The number of nitrogens with one attached hydrogen (secondary N) is 1. The van der Waals surface area contributed by atoms with E-state index in [-0.39, 0.29) is 11.4 Å². The Morgan fingerprint density at radius 3 is 2.90 bits per heavy atom. The normalized spacial score (nSPS) is 17.4. The number of nitrogens with zero attached hydrogens (tertiary/aromatic N) is 1. The highest BCUT2D eigenvalue weighted by molar-refractivity contribution is 6.31. The van der Waals surface area contributed by atoms with Crippen LogP contribution in [0.5, 0.6) is 0 Å². The van der Waals surface area contributed by atoms with Gasteiger partial charge in [0.15, 0.2) is 0 Å². The Bertz CT molecular complexity index is 673. The minimum Gasteiger partial charge on any atom is -0.480 e. The first-order valence-corrected chi connectivity index (χ1v) is 6.16. The van der Waals surface area contributed by atoms with E-state index in [1.165, 1.54) is 12.3 Å². The summed E-state index contributed by atoms with van der Waals surface area (Å²) in [5.74, 6) is -0.539. The van der Waals surface area contributed by atoms with E-state index >= 15 is 0 Å². The molecule has 1 atom stereocenters. The standard InChI is InChI=1S/C14H11ClN2O3/c1-8-10(15)3-2-4-11(8)17-13-12(14(19)20)9(7-18)5-6-16-13/h2-6,12H,1H3,(H,16,17)(H,19,20). The second-order valence-electron chi connectivity index (χ2n) is 4.20. The average molecular weight is 291 g/mol. The number of carbonyl (C=O) groups is 1. The predicted molar refractivity (Wildman–Crippen MR) is 76.7 cm³/mol. The molecule has 1 aromatic carbocycles. The van der Waals surface area contributed by atoms with Gasteiger partial charge in [-0.3, -0.25) is 4.79 Å². The molecule has 1 heterocycles. The van der Waals surface area contributed by atoms with E-state index in [9.17, 15) is 14.7 Å². The van der Waals surface area contributed by atoms with E-state index in [4.69, 9.17) is 11.6 Å². The monoisotopic (exact) mass is 290 g/mol. The molecule has 0 aromatic heterocycles. The highest BCUT2D eigenvalue weighted by Gasteiger charge is 2.30. The predicted octanol–water partition coefficient (Wildman–Crippen LogP) is 2.44. The molecule has 2 rings (SSSR count). The molecule has 2 N–H and O–H groups in total. The fourth-order valence-electron chi connectivity index (χ4n) is 1.84. The number of carboxylic acids is 1. The zero-order valence-electron chi connectivity index (χ0n) is 10.6. The Hall–Kier alpha value is -2.36. The smallest absolute Gasteiger partial charge is 0.319 e. The molecule has 1 aliphatic rings. The summed E-state index contributed by atoms with van der Waals surface area (Å²) in [4.78, 5) is 26.1. The number of halogens is 1. The van der Waals surface area contributed by atoms with Crippen LogP contribution in [0.4, 0.5) is 5.69 Å². The molecule has 0 saturated carbocycles. The van der Waals surface area contributed by atoms with Gasteiger partial charge in [0.05, 0.1) is 5.57 Å². The van der Waals surface area contributed by atoms with Crippen molar-refractivity contribution in [1.82, 2.24) is 0 Å². The molecule has 0 saturated heterocycles. The van der Waals surface area contributed by atoms with Crippen LogP contribution in [0, 0.1) is 12.8 Å². The SMILES string of the molecule is Cc1c(Cl)cccc1NC1=NC=CC(=C=O)C1C(=O)O. The van der Waals surface area contributed by atoms with Gasteiger partial charge < -0.3 is 10.4 Å². The van der Waals surface area contributed by atoms with Gasteiger partial charge in [-0.1, -0.05) is 17.7 Å². The lowest BCUT2D eigenvalue weighted by molar-refractivity contribution is -0.138. The molecular formula is C14H11ClN2O3. The maximum atomic E-state index is 11.3. The first kappa shape index (κ1) is 14.1. The third-order valence-electron chi connectivity index (χ3n) is 2.95. The van der Waals surface area contributed by atoms with Crippen molar-refractivity contribution in [3.8, 4) is 0 Å². The molecule has 102 valence electrons. The van der Waals surface area contributed by atoms with Crippen molar-refractivity contribution >= 4 is 35.0 Å². The first-order chi connectivity index (χ1) is 9.54. The highest BCUT2D eigenvalue weighted by atomic mass is 35.5. The molecule has 20 heavy (non-hydrogen) atoms. The Morgan fingerprint density at radius 2 is 2.25 bits per heavy atom. The summed E-state index contributed by atoms with van der Waals surface area (Å²) < 4.78 is 0. The molecule has 1 unspecified atom stereocenters. The lowest BCUT2D eigenvalue weighted by Gasteiger charge is -2.19. The van der Waals surface area contributed by atoms with Crippen LogP contribution in [-0.2, 0) is 9.59 Å². The van der Waals surface area contributed by atoms with Crippen molar-refractivity contribution in [2.75, 3.05) is 5.32 Å². The number of benzene rings is 1. The number of carbonyl (C=O) groups excluding carboxylic acids is 1. The van der Waals surface area contributed by atoms with Crippen LogP contribution >= 0.6 is 11.6 Å². The van der Waals surface area contributed by atoms with Gasteiger partial charge in [-0.25, -0.2) is 9.79 Å². The van der Waals surface area contributed by atoms with Crippen molar-refractivity contribution in [3.05, 3.63) is 46.6 Å². The summed E-state index contributed by atoms with van der Waals surface area (Å²) >= 11 is 6.01. The van der Waals surface area contributed by atoms with Crippen molar-refractivity contribution in [3.63, 3.8) is 0 Å². The maximum absolute atomic E-state index is 11.3. The van der Waals surface area contributed by atoms with E-state index in [0.717, 1.165) is 5.56 Å². The van der Waals surface area contributed by atoms with E-state index in [0.29, 0.717) is 10.7 Å². The largest absolute Gasteiger partial charge is 0.480 e. The van der Waals surface area contributed by atoms with Crippen LogP contribution in [0.25, 0.3) is 0 Å². The number of rotatable bonds is 2. The molecule has 1 aliphatic heterocycles. The van der Waals surface area contributed by atoms with Crippen LogP contribution in [0.2, 0.25) is 5.02 Å². The van der Waals surface area contributed by atoms with E-state index in [1.54, 1.807) is 31.1 Å². The number of aliphatic carboxylic acids is 1. The molecule has 5 nitrogen and oxygen atoms in total. The van der Waals surface area contributed by atoms with Gasteiger partial charge in [0.2, 0.25) is 0 Å². The number of hydrogen-bond donors (Lipinski definition) is 2. The van der Waals surface area contributed by atoms with Gasteiger partial charge in [0, 0.05) is 16.9 Å². The number of anilines is 1. The summed E-state index contributed by atoms with van der Waals surface area (Å²) in [6.45, 7) is 1.80. The van der Waals surface area contributed by atoms with Gasteiger partial charge >= 0.3 is 5.97 Å². The third-order valence-corrected chi connectivity index (χ3v) is 3.36. The fourth-order valence-corrected chi connectivity index (χ4v) is 2.02. The van der Waals surface area contributed by atoms with Crippen molar-refractivity contribution in [2.45, 2.75) is 6.92 Å². The molecular weight excluding hydrogens is 280 g/mol. The Morgan fingerprint density at radius 1 is 1.50 bits per heavy atom. The minimum absolute atomic E-state index is 0.0229. The van der Waals surface area contributed by atoms with E-state index < -0.39 is 11.9 Å². The van der Waals surface area contributed by atoms with Crippen LogP contribution < -0.4 is 5.32 Å². The summed E-state index contributed by atoms with van der Waals surface area (Å²) in [7, 11) is 0. The molecule has 1 aromatic rings. The van der Waals surface area contributed by atoms with Crippen molar-refractivity contribution in [1.29, 1.82) is 0 Å². The fraction of sp³-hybridized carbons (Fsp3) is 0.143. The number of carboxylic acid groups (broad SMARTS) is 1. The van der Waals surface area contributed by atoms with Crippen LogP contribution in [0.1, 0.15) is 5.56 Å². The lowest BCUT2D eigenvalue weighted by atomic mass is 9.97. The Labute approximate surface area is 120 Å². The molecule has 0 aliphatic carbocycles. The summed E-state index contributed by atoms with van der Waals surface area (Å²) in [5.41, 5.74) is 1.44. The van der Waals surface area contributed by atoms with Gasteiger partial charge in [-0.15, -0.1) is 0 Å². The number of allylic oxidation sites excluding steroid dienone is 1. The van der Waals surface area contributed by atoms with E-state index in [1.807, 2.05) is 0 Å². The first-order valence-electron chi connectivity index (χ1n) is 5.78. The van der Waals surface area contributed by atoms with Crippen LogP contribution in [0.3, 0.4) is 0 Å². The highest BCUT2D eigenvalue weighted by Crippen LogP contribution is 2.25. The van der Waals surface area contributed by atoms with Crippen molar-refractivity contribution < 1.29 is 14.7 Å². The topological polar surface area (TPSA) is 78.8 Å². The summed E-state index contributed by atoms with van der Waals surface area (Å²) in [5, 5.41) is 12.7. The molecule has 0 radical (unpaired) electrons. The third kappa shape index (κ3) is 2.64. The number of amidine groups is 1. The molecule has 0 bridgehead atoms. The Kier molecular flexibility index (Phi) is 4.03. The molecule has 6 heteroatoms. The zero-order chi connectivity index (χ0) is 14.7. The minimum atomic E-state index is -1.17. The Balaban J connectivity index is 2.39. The van der Waals surface area contributed by atoms with Gasteiger partial charge in [-0.2, -0.15) is 0 Å². The summed E-state index contributed by atoms with van der Waals surface area (Å²) in [6, 6.07) is 5.23. The van der Waals surface area contributed by atoms with Crippen molar-refractivity contribution in [2.24, 2.45) is 10.9 Å². The van der Waals surface area contributed by atoms with Crippen LogP contribution in [-0.4, -0.2) is 22.9 Å². The van der Waals surface area contributed by atoms with Crippen LogP contribution in [0.15, 0.2) is 41.0 Å². The molecule has 0 spiro atoms. The van der Waals surface area contributed by atoms with Gasteiger partial charge in [0.1, 0.15) is 17.7 Å². The average Bonchev–Trinajstić information content (AvgIpc) is 2.43. The van der Waals surface area contributed by atoms with Gasteiger partial charge in [0.25, 0.3) is 0 Å². The zero-order valence-corrected chi connectivity index (χ0v) is 11.3. The quantitative estimate of drug-likeness (QED) is 0.820. The second-order valence-corrected chi connectivity index (χ2v) is 4.60. The van der Waals surface area contributed by atoms with E-state index in [2.05, 4.69) is 10.3 Å². The molecule has 0 fully saturated rings. The number of aliphatic imine (C=N–C) groups is 1. The number of hydrogen-bond acceptors (Lipinski definition) is 4. The second kappa shape index (κ2) is 5.74. The molecule has 0 amide bonds. The maximum Gasteiger partial charge on any atom is 0.319 e. The van der Waals surface area contributed by atoms with Gasteiger partial charge in [-0.05, 0) is 30.7 Å². The summed E-state index contributed by atoms with van der Waals surface area (Å²) in [6.07, 6.45) is 2.70.